The van der Waals surface area contributed by atoms with Crippen molar-refractivity contribution < 1.29 is 9.59 Å². The van der Waals surface area contributed by atoms with E-state index < -0.39 is 0 Å². The van der Waals surface area contributed by atoms with E-state index in [1.165, 1.54) is 0 Å². The van der Waals surface area contributed by atoms with Crippen molar-refractivity contribution in [3.05, 3.63) is 64.2 Å². The van der Waals surface area contributed by atoms with E-state index in [9.17, 15) is 9.59 Å². The second kappa shape index (κ2) is 8.36. The van der Waals surface area contributed by atoms with Crippen LogP contribution < -0.4 is 4.90 Å². The minimum atomic E-state index is -0.351. The van der Waals surface area contributed by atoms with E-state index >= 15 is 0 Å². The van der Waals surface area contributed by atoms with Gasteiger partial charge in [-0.3, -0.25) is 9.59 Å². The highest BCUT2D eigenvalue weighted by Crippen LogP contribution is 2.35. The lowest BCUT2D eigenvalue weighted by Crippen LogP contribution is -2.41. The van der Waals surface area contributed by atoms with Gasteiger partial charge in [0.2, 0.25) is 11.8 Å². The summed E-state index contributed by atoms with van der Waals surface area (Å²) < 4.78 is 0. The largest absolute Gasteiger partial charge is 0.336 e. The number of hydrogen-bond acceptors (Lipinski definition) is 2. The minimum absolute atomic E-state index is 0.0237. The van der Waals surface area contributed by atoms with Crippen molar-refractivity contribution in [1.29, 1.82) is 0 Å². The molecule has 0 aliphatic carbocycles. The van der Waals surface area contributed by atoms with Crippen LogP contribution in [0, 0.1) is 19.8 Å². The second-order valence-corrected chi connectivity index (χ2v) is 8.27. The number of amides is 2. The fourth-order valence-corrected chi connectivity index (χ4v) is 4.29. The first-order valence-electron chi connectivity index (χ1n) is 9.69. The molecule has 0 saturated carbocycles. The van der Waals surface area contributed by atoms with Gasteiger partial charge in [0.05, 0.1) is 16.6 Å². The lowest BCUT2D eigenvalue weighted by molar-refractivity contribution is -0.138. The summed E-state index contributed by atoms with van der Waals surface area (Å²) in [6, 6.07) is 13.9. The van der Waals surface area contributed by atoms with Crippen LogP contribution in [0.2, 0.25) is 5.02 Å². The van der Waals surface area contributed by atoms with Crippen LogP contribution in [0.4, 0.5) is 5.69 Å². The van der Waals surface area contributed by atoms with Crippen LogP contribution in [0.15, 0.2) is 42.5 Å². The van der Waals surface area contributed by atoms with Crippen molar-refractivity contribution in [3.63, 3.8) is 0 Å². The third kappa shape index (κ3) is 4.22. The van der Waals surface area contributed by atoms with Gasteiger partial charge in [0.25, 0.3) is 0 Å². The molecule has 0 bridgehead atoms. The molecule has 148 valence electrons. The van der Waals surface area contributed by atoms with E-state index in [4.69, 9.17) is 11.6 Å². The maximum Gasteiger partial charge on any atom is 0.228 e. The highest BCUT2D eigenvalue weighted by atomic mass is 35.5. The molecule has 4 nitrogen and oxygen atoms in total. The molecule has 3 rings (SSSR count). The summed E-state index contributed by atoms with van der Waals surface area (Å²) in [4.78, 5) is 29.5. The van der Waals surface area contributed by atoms with E-state index in [0.717, 1.165) is 22.4 Å². The summed E-state index contributed by atoms with van der Waals surface area (Å²) in [6.07, 6.45) is 0.223. The van der Waals surface area contributed by atoms with Crippen molar-refractivity contribution in [2.45, 2.75) is 46.7 Å². The van der Waals surface area contributed by atoms with Gasteiger partial charge >= 0.3 is 0 Å². The zero-order valence-corrected chi connectivity index (χ0v) is 17.7. The van der Waals surface area contributed by atoms with Gasteiger partial charge in [-0.15, -0.1) is 0 Å². The van der Waals surface area contributed by atoms with Crippen molar-refractivity contribution in [2.24, 2.45) is 5.92 Å². The molecule has 0 aromatic heterocycles. The molecule has 2 amide bonds. The molecule has 0 radical (unpaired) electrons. The summed E-state index contributed by atoms with van der Waals surface area (Å²) in [7, 11) is 0. The Labute approximate surface area is 172 Å². The molecule has 0 N–H and O–H groups in total. The lowest BCUT2D eigenvalue weighted by Gasteiger charge is -2.29. The van der Waals surface area contributed by atoms with Crippen molar-refractivity contribution >= 4 is 29.1 Å². The first-order valence-corrected chi connectivity index (χ1v) is 10.1. The van der Waals surface area contributed by atoms with E-state index in [-0.39, 0.29) is 30.2 Å². The third-order valence-corrected chi connectivity index (χ3v) is 5.53. The number of nitrogens with zero attached hydrogens (tertiary/aromatic N) is 2. The molecule has 1 aliphatic rings. The standard InChI is InChI=1S/C23H27ClN2O2/c1-15(2)25(13-18-8-6-5-7-9-18)23(28)19-12-21(27)26(14-19)22-17(4)10-16(3)11-20(22)24/h5-11,15,19H,12-14H2,1-4H3. The van der Waals surface area contributed by atoms with E-state index in [1.54, 1.807) is 4.90 Å². The first-order chi connectivity index (χ1) is 13.3. The maximum absolute atomic E-state index is 13.3. The van der Waals surface area contributed by atoms with Crippen LogP contribution in [0.5, 0.6) is 0 Å². The molecule has 1 saturated heterocycles. The number of halogens is 1. The number of carbonyl (C=O) groups excluding carboxylic acids is 2. The molecule has 1 aliphatic heterocycles. The Morgan fingerprint density at radius 1 is 1.21 bits per heavy atom. The smallest absolute Gasteiger partial charge is 0.228 e. The predicted octanol–water partition coefficient (Wildman–Crippen LogP) is 4.75. The van der Waals surface area contributed by atoms with Crippen LogP contribution in [0.1, 0.15) is 37.0 Å². The normalized spacial score (nSPS) is 16.7. The molecule has 1 heterocycles. The van der Waals surface area contributed by atoms with Crippen LogP contribution in [-0.4, -0.2) is 29.3 Å². The average Bonchev–Trinajstić information content (AvgIpc) is 3.00. The molecule has 2 aromatic carbocycles. The minimum Gasteiger partial charge on any atom is -0.336 e. The van der Waals surface area contributed by atoms with Gasteiger partial charge in [-0.2, -0.15) is 0 Å². The highest BCUT2D eigenvalue weighted by molar-refractivity contribution is 6.34. The Hall–Kier alpha value is -2.33. The number of benzene rings is 2. The van der Waals surface area contributed by atoms with E-state index in [0.29, 0.717) is 18.1 Å². The highest BCUT2D eigenvalue weighted by Gasteiger charge is 2.39. The lowest BCUT2D eigenvalue weighted by atomic mass is 10.0. The molecule has 0 spiro atoms. The zero-order chi connectivity index (χ0) is 20.4. The van der Waals surface area contributed by atoms with Gasteiger partial charge in [0, 0.05) is 25.6 Å². The van der Waals surface area contributed by atoms with Crippen LogP contribution in [0.25, 0.3) is 0 Å². The number of carbonyl (C=O) groups is 2. The van der Waals surface area contributed by atoms with Crippen LogP contribution >= 0.6 is 11.6 Å². The third-order valence-electron chi connectivity index (χ3n) is 5.24. The number of hydrogen-bond donors (Lipinski definition) is 0. The fourth-order valence-electron chi connectivity index (χ4n) is 3.87. The number of anilines is 1. The predicted molar refractivity (Wildman–Crippen MR) is 114 cm³/mol. The van der Waals surface area contributed by atoms with Gasteiger partial charge in [-0.25, -0.2) is 0 Å². The first kappa shape index (κ1) is 20.4. The Balaban J connectivity index is 1.81. The van der Waals surface area contributed by atoms with Gasteiger partial charge in [-0.05, 0) is 50.5 Å². The Morgan fingerprint density at radius 3 is 2.50 bits per heavy atom. The summed E-state index contributed by atoms with van der Waals surface area (Å²) >= 11 is 6.44. The molecular formula is C23H27ClN2O2. The molecule has 5 heteroatoms. The molecule has 28 heavy (non-hydrogen) atoms. The molecule has 1 fully saturated rings. The zero-order valence-electron chi connectivity index (χ0n) is 16.9. The van der Waals surface area contributed by atoms with Crippen LogP contribution in [-0.2, 0) is 16.1 Å². The average molecular weight is 399 g/mol. The van der Waals surface area contributed by atoms with Gasteiger partial charge in [-0.1, -0.05) is 48.0 Å². The summed E-state index contributed by atoms with van der Waals surface area (Å²) in [5, 5.41) is 0.559. The molecule has 1 atom stereocenters. The van der Waals surface area contributed by atoms with Crippen molar-refractivity contribution in [1.82, 2.24) is 4.90 Å². The summed E-state index contributed by atoms with van der Waals surface area (Å²) in [5.74, 6) is -0.374. The fraction of sp³-hybridized carbons (Fsp3) is 0.391. The van der Waals surface area contributed by atoms with E-state index in [2.05, 4.69) is 0 Å². The second-order valence-electron chi connectivity index (χ2n) is 7.86. The van der Waals surface area contributed by atoms with Crippen molar-refractivity contribution in [2.75, 3.05) is 11.4 Å². The monoisotopic (exact) mass is 398 g/mol. The van der Waals surface area contributed by atoms with Gasteiger partial charge < -0.3 is 9.80 Å². The molecule has 1 unspecified atom stereocenters. The Morgan fingerprint density at radius 2 is 1.89 bits per heavy atom. The Bertz CT molecular complexity index is 856. The molecule has 2 aromatic rings. The number of aryl methyl sites for hydroxylation is 2. The topological polar surface area (TPSA) is 40.6 Å². The summed E-state index contributed by atoms with van der Waals surface area (Å²) in [6.45, 7) is 8.87. The summed E-state index contributed by atoms with van der Waals surface area (Å²) in [5.41, 5.74) is 3.82. The van der Waals surface area contributed by atoms with Gasteiger partial charge in [0.15, 0.2) is 0 Å². The SMILES string of the molecule is Cc1cc(C)c(N2CC(C(=O)N(Cc3ccccc3)C(C)C)CC2=O)c(Cl)c1. The quantitative estimate of drug-likeness (QED) is 0.729. The van der Waals surface area contributed by atoms with Crippen molar-refractivity contribution in [3.8, 4) is 0 Å². The van der Waals surface area contributed by atoms with Crippen LogP contribution in [0.3, 0.4) is 0 Å². The molecular weight excluding hydrogens is 372 g/mol. The van der Waals surface area contributed by atoms with Gasteiger partial charge in [0.1, 0.15) is 0 Å². The van der Waals surface area contributed by atoms with E-state index in [1.807, 2.05) is 75.1 Å². The Kier molecular flexibility index (Phi) is 6.09. The maximum atomic E-state index is 13.3. The number of rotatable bonds is 5.